The Hall–Kier alpha value is -4.07. The molecule has 9 rings (SSSR count). The van der Waals surface area contributed by atoms with E-state index in [2.05, 4.69) is 34.6 Å². The summed E-state index contributed by atoms with van der Waals surface area (Å²) in [7, 11) is 0. The zero-order chi connectivity index (χ0) is 27.8. The van der Waals surface area contributed by atoms with Crippen LogP contribution < -0.4 is 0 Å². The predicted octanol–water partition coefficient (Wildman–Crippen LogP) is 5.30. The lowest BCUT2D eigenvalue weighted by Crippen LogP contribution is -2.36. The molecule has 206 valence electrons. The van der Waals surface area contributed by atoms with Gasteiger partial charge < -0.3 is 10.0 Å². The average molecular weight is 538 g/mol. The molecule has 0 radical (unpaired) electrons. The van der Waals surface area contributed by atoms with E-state index in [0.717, 1.165) is 78.5 Å². The van der Waals surface area contributed by atoms with Crippen LogP contribution in [-0.2, 0) is 30.7 Å². The van der Waals surface area contributed by atoms with Crippen LogP contribution in [0.3, 0.4) is 0 Å². The first-order valence-corrected chi connectivity index (χ1v) is 14.3. The normalized spacial score (nSPS) is 18.7. The second kappa shape index (κ2) is 10.8. The van der Waals surface area contributed by atoms with E-state index in [1.807, 2.05) is 40.9 Å². The van der Waals surface area contributed by atoms with Crippen molar-refractivity contribution in [2.75, 3.05) is 6.54 Å². The van der Waals surface area contributed by atoms with Gasteiger partial charge in [-0.2, -0.15) is 0 Å². The molecule has 0 fully saturated rings. The van der Waals surface area contributed by atoms with Crippen molar-refractivity contribution in [2.45, 2.75) is 71.4 Å². The quantitative estimate of drug-likeness (QED) is 0.372. The first-order chi connectivity index (χ1) is 19.4. The smallest absolute Gasteiger partial charge is 0.307 e. The topological polar surface area (TPSA) is 101 Å². The number of nitrogens with zero attached hydrogens (tertiary/aromatic N) is 5. The highest BCUT2D eigenvalue weighted by Gasteiger charge is 2.31. The van der Waals surface area contributed by atoms with Crippen molar-refractivity contribution in [3.8, 4) is 0 Å². The Balaban J connectivity index is 1.44. The molecule has 5 aliphatic rings. The number of pyridine rings is 1. The first kappa shape index (κ1) is 26.2. The van der Waals surface area contributed by atoms with E-state index < -0.39 is 17.8 Å². The molecule has 0 saturated carbocycles. The number of rotatable bonds is 2. The standard InChI is InChI=1S/C32H35N5O3/c1-20-27-18-33-30-29(20)34-35-37(30)15-6-4-3-5-7-22-8-10-24(11-9-22)31(38)36-16-14-23-12-13-25(17-26(23)19-36)28(27)21(2)32(39)40/h8-13,17-18,21,28H,3-7,14-16,19H2,1-2H3,(H,39,40)/t21-,28+/m0/s1. The Morgan fingerprint density at radius 1 is 1.00 bits per heavy atom. The molecule has 1 N–H and O–H groups in total. The molecule has 0 unspecified atom stereocenters. The molecule has 1 amide bonds. The Bertz CT molecular complexity index is 1580. The van der Waals surface area contributed by atoms with Crippen molar-refractivity contribution in [3.05, 3.63) is 87.6 Å². The number of benzene rings is 2. The fraction of sp³-hybridized carbons (Fsp3) is 0.406. The zero-order valence-electron chi connectivity index (χ0n) is 23.1. The zero-order valence-corrected chi connectivity index (χ0v) is 23.1. The van der Waals surface area contributed by atoms with Crippen LogP contribution in [0.1, 0.15) is 82.3 Å². The SMILES string of the molecule is Cc1c2cnc3c1nnn3CCCCCCc1ccc(cc1)C(=O)N1CCc3ccc(cc3C1)[C@H]2[C@H](C)C(=O)O. The average Bonchev–Trinajstić information content (AvgIpc) is 3.39. The van der Waals surface area contributed by atoms with Gasteiger partial charge in [-0.05, 0) is 78.1 Å². The summed E-state index contributed by atoms with van der Waals surface area (Å²) in [5.74, 6) is -1.93. The Kier molecular flexibility index (Phi) is 7.09. The summed E-state index contributed by atoms with van der Waals surface area (Å²) in [4.78, 5) is 32.4. The van der Waals surface area contributed by atoms with Gasteiger partial charge in [-0.15, -0.1) is 5.10 Å². The third-order valence-electron chi connectivity index (χ3n) is 8.72. The molecule has 0 aliphatic carbocycles. The van der Waals surface area contributed by atoms with E-state index in [9.17, 15) is 14.7 Å². The van der Waals surface area contributed by atoms with Crippen LogP contribution >= 0.6 is 0 Å². The van der Waals surface area contributed by atoms with Crippen molar-refractivity contribution < 1.29 is 14.7 Å². The second-order valence-electron chi connectivity index (χ2n) is 11.3. The van der Waals surface area contributed by atoms with Gasteiger partial charge >= 0.3 is 5.97 Å². The second-order valence-corrected chi connectivity index (χ2v) is 11.3. The van der Waals surface area contributed by atoms with E-state index in [0.29, 0.717) is 18.7 Å². The van der Waals surface area contributed by atoms with Gasteiger partial charge in [0.05, 0.1) is 5.92 Å². The van der Waals surface area contributed by atoms with Crippen LogP contribution in [0.15, 0.2) is 48.7 Å². The summed E-state index contributed by atoms with van der Waals surface area (Å²) < 4.78 is 1.87. The molecular formula is C32H35N5O3. The minimum absolute atomic E-state index is 0.0359. The lowest BCUT2D eigenvalue weighted by molar-refractivity contribution is -0.141. The fourth-order valence-corrected chi connectivity index (χ4v) is 6.27. The Labute approximate surface area is 234 Å². The summed E-state index contributed by atoms with van der Waals surface area (Å²) >= 11 is 0. The molecule has 7 heterocycles. The van der Waals surface area contributed by atoms with Crippen molar-refractivity contribution in [3.63, 3.8) is 0 Å². The maximum atomic E-state index is 13.4. The number of aromatic nitrogens is 4. The van der Waals surface area contributed by atoms with Gasteiger partial charge in [-0.1, -0.05) is 55.3 Å². The van der Waals surface area contributed by atoms with Gasteiger partial charge in [0.25, 0.3) is 5.91 Å². The number of aryl methyl sites for hydroxylation is 3. The lowest BCUT2D eigenvalue weighted by atomic mass is 9.79. The Morgan fingerprint density at radius 3 is 2.60 bits per heavy atom. The van der Waals surface area contributed by atoms with Gasteiger partial charge in [0.2, 0.25) is 0 Å². The highest BCUT2D eigenvalue weighted by Crippen LogP contribution is 2.37. The van der Waals surface area contributed by atoms with E-state index in [1.54, 1.807) is 6.92 Å². The van der Waals surface area contributed by atoms with Gasteiger partial charge in [-0.3, -0.25) is 9.59 Å². The number of carbonyl (C=O) groups is 2. The molecule has 8 heteroatoms. The third-order valence-corrected chi connectivity index (χ3v) is 8.72. The van der Waals surface area contributed by atoms with Gasteiger partial charge in [-0.25, -0.2) is 9.67 Å². The summed E-state index contributed by atoms with van der Waals surface area (Å²) in [6.45, 7) is 5.65. The van der Waals surface area contributed by atoms with Crippen molar-refractivity contribution in [1.82, 2.24) is 24.9 Å². The van der Waals surface area contributed by atoms with Crippen LogP contribution in [0.25, 0.3) is 11.2 Å². The number of carbonyl (C=O) groups excluding carboxylic acids is 1. The lowest BCUT2D eigenvalue weighted by Gasteiger charge is -2.31. The molecule has 8 nitrogen and oxygen atoms in total. The van der Waals surface area contributed by atoms with E-state index >= 15 is 0 Å². The molecule has 4 aromatic rings. The van der Waals surface area contributed by atoms with E-state index in [1.165, 1.54) is 11.1 Å². The molecule has 0 saturated heterocycles. The number of hydrogen-bond acceptors (Lipinski definition) is 5. The van der Waals surface area contributed by atoms with Crippen molar-refractivity contribution in [2.24, 2.45) is 5.92 Å². The molecule has 0 spiro atoms. The number of amides is 1. The summed E-state index contributed by atoms with van der Waals surface area (Å²) in [6, 6.07) is 14.3. The van der Waals surface area contributed by atoms with Crippen molar-refractivity contribution >= 4 is 23.0 Å². The number of aliphatic carboxylic acids is 1. The molecule has 5 aliphatic heterocycles. The van der Waals surface area contributed by atoms with Crippen LogP contribution in [0.5, 0.6) is 0 Å². The monoisotopic (exact) mass is 537 g/mol. The molecule has 2 atom stereocenters. The summed E-state index contributed by atoms with van der Waals surface area (Å²) in [6.07, 6.45) is 7.87. The number of carboxylic acids is 1. The molecular weight excluding hydrogens is 502 g/mol. The minimum Gasteiger partial charge on any atom is -0.481 e. The first-order valence-electron chi connectivity index (χ1n) is 14.3. The molecule has 2 aromatic carbocycles. The van der Waals surface area contributed by atoms with Gasteiger partial charge in [0, 0.05) is 37.3 Å². The van der Waals surface area contributed by atoms with E-state index in [-0.39, 0.29) is 5.91 Å². The highest BCUT2D eigenvalue weighted by atomic mass is 16.4. The fourth-order valence-electron chi connectivity index (χ4n) is 6.27. The maximum Gasteiger partial charge on any atom is 0.307 e. The predicted molar refractivity (Wildman–Crippen MR) is 152 cm³/mol. The maximum absolute atomic E-state index is 13.4. The van der Waals surface area contributed by atoms with Crippen molar-refractivity contribution in [1.29, 1.82) is 0 Å². The third kappa shape index (κ3) is 4.87. The summed E-state index contributed by atoms with van der Waals surface area (Å²) in [5, 5.41) is 19.0. The van der Waals surface area contributed by atoms with Crippen LogP contribution in [0, 0.1) is 12.8 Å². The van der Waals surface area contributed by atoms with Gasteiger partial charge in [0.1, 0.15) is 5.52 Å². The van der Waals surface area contributed by atoms with E-state index in [4.69, 9.17) is 4.98 Å². The van der Waals surface area contributed by atoms with Gasteiger partial charge in [0.15, 0.2) is 5.65 Å². The molecule has 2 aromatic heterocycles. The largest absolute Gasteiger partial charge is 0.481 e. The molecule has 40 heavy (non-hydrogen) atoms. The highest BCUT2D eigenvalue weighted by molar-refractivity contribution is 5.94. The number of carboxylic acid groups (broad SMARTS) is 1. The van der Waals surface area contributed by atoms with Crippen LogP contribution in [-0.4, -0.2) is 48.4 Å². The Morgan fingerprint density at radius 2 is 1.80 bits per heavy atom. The van der Waals surface area contributed by atoms with Crippen LogP contribution in [0.2, 0.25) is 0 Å². The molecule has 9 bridgehead atoms. The summed E-state index contributed by atoms with van der Waals surface area (Å²) in [5.41, 5.74) is 8.36. The van der Waals surface area contributed by atoms with Crippen LogP contribution in [0.4, 0.5) is 0 Å². The minimum atomic E-state index is -0.868. The number of hydrogen-bond donors (Lipinski definition) is 1.